The first-order valence-corrected chi connectivity index (χ1v) is 2.37. The maximum atomic E-state index is 8.74. The largest absolute Gasteiger partial charge is 0.511 e. The number of aliphatic hydroxyl groups is 1. The molecule has 0 amide bonds. The van der Waals surface area contributed by atoms with Gasteiger partial charge in [-0.2, -0.15) is 0 Å². The zero-order chi connectivity index (χ0) is 6.78. The molecule has 0 spiro atoms. The maximum absolute atomic E-state index is 8.74. The van der Waals surface area contributed by atoms with Crippen LogP contribution in [-0.2, 0) is 0 Å². The van der Waals surface area contributed by atoms with Crippen LogP contribution in [0.15, 0.2) is 12.3 Å². The number of hydrogen-bond donors (Lipinski definition) is 1. The molecule has 0 heterocycles. The van der Waals surface area contributed by atoms with Gasteiger partial charge in [-0.25, -0.2) is 0 Å². The number of aliphatic hydroxyl groups excluding tert-OH is 1. The van der Waals surface area contributed by atoms with Crippen LogP contribution < -0.4 is 0 Å². The van der Waals surface area contributed by atoms with Gasteiger partial charge in [-0.3, -0.25) is 0 Å². The van der Waals surface area contributed by atoms with Crippen LogP contribution >= 0.6 is 0 Å². The molecular weight excluding hydrogens is 100 g/mol. The van der Waals surface area contributed by atoms with Crippen LogP contribution in [0.25, 0.3) is 0 Å². The van der Waals surface area contributed by atoms with Crippen molar-refractivity contribution >= 4 is 0 Å². The van der Waals surface area contributed by atoms with Crippen molar-refractivity contribution in [3.05, 3.63) is 12.3 Å². The van der Waals surface area contributed by atoms with Gasteiger partial charge in [-0.15, -0.1) is 6.42 Å². The summed E-state index contributed by atoms with van der Waals surface area (Å²) in [6.07, 6.45) is 5.04. The fraction of sp³-hybridized carbons (Fsp3) is 0.429. The van der Waals surface area contributed by atoms with Gasteiger partial charge in [-0.1, -0.05) is 12.5 Å². The second kappa shape index (κ2) is 1.92. The molecule has 0 aromatic carbocycles. The van der Waals surface area contributed by atoms with Crippen LogP contribution in [0.2, 0.25) is 0 Å². The highest BCUT2D eigenvalue weighted by Crippen LogP contribution is 2.19. The van der Waals surface area contributed by atoms with Gasteiger partial charge in [0.2, 0.25) is 0 Å². The Morgan fingerprint density at radius 1 is 1.75 bits per heavy atom. The smallest absolute Gasteiger partial charge is 0.103 e. The Hall–Kier alpha value is -0.900. The molecule has 0 aliphatic carbocycles. The van der Waals surface area contributed by atoms with E-state index in [9.17, 15) is 0 Å². The van der Waals surface area contributed by atoms with Gasteiger partial charge < -0.3 is 5.11 Å². The van der Waals surface area contributed by atoms with E-state index in [4.69, 9.17) is 11.5 Å². The molecule has 0 bridgehead atoms. The lowest BCUT2D eigenvalue weighted by atomic mass is 9.93. The van der Waals surface area contributed by atoms with Gasteiger partial charge in [-0.05, 0) is 13.8 Å². The van der Waals surface area contributed by atoms with Gasteiger partial charge in [0.15, 0.2) is 0 Å². The summed E-state index contributed by atoms with van der Waals surface area (Å²) in [5.41, 5.74) is -0.569. The van der Waals surface area contributed by atoms with Gasteiger partial charge in [0.05, 0.1) is 5.41 Å². The normalized spacial score (nSPS) is 10.1. The Morgan fingerprint density at radius 3 is 2.12 bits per heavy atom. The predicted octanol–water partition coefficient (Wildman–Crippen LogP) is 1.72. The molecule has 0 aromatic rings. The number of allylic oxidation sites excluding steroid dienone is 1. The summed E-state index contributed by atoms with van der Waals surface area (Å²) in [5, 5.41) is 8.74. The Bertz CT molecular complexity index is 137. The van der Waals surface area contributed by atoms with Crippen molar-refractivity contribution in [2.45, 2.75) is 13.8 Å². The summed E-state index contributed by atoms with van der Waals surface area (Å²) < 4.78 is 0. The number of rotatable bonds is 1. The molecule has 0 saturated carbocycles. The quantitative estimate of drug-likeness (QED) is 0.402. The first kappa shape index (κ1) is 7.10. The summed E-state index contributed by atoms with van der Waals surface area (Å²) >= 11 is 0. The van der Waals surface area contributed by atoms with E-state index in [-0.39, 0.29) is 5.76 Å². The van der Waals surface area contributed by atoms with Crippen molar-refractivity contribution in [1.29, 1.82) is 0 Å². The molecule has 0 saturated heterocycles. The summed E-state index contributed by atoms with van der Waals surface area (Å²) in [6, 6.07) is 0. The van der Waals surface area contributed by atoms with E-state index < -0.39 is 5.41 Å². The van der Waals surface area contributed by atoms with Crippen LogP contribution in [0.4, 0.5) is 0 Å². The molecule has 0 radical (unpaired) electrons. The van der Waals surface area contributed by atoms with E-state index in [1.165, 1.54) is 0 Å². The van der Waals surface area contributed by atoms with E-state index in [0.717, 1.165) is 0 Å². The van der Waals surface area contributed by atoms with Gasteiger partial charge in [0.1, 0.15) is 5.76 Å². The third kappa shape index (κ3) is 1.31. The molecule has 0 fully saturated rings. The first-order chi connectivity index (χ1) is 3.50. The number of hydrogen-bond acceptors (Lipinski definition) is 1. The summed E-state index contributed by atoms with van der Waals surface area (Å²) in [4.78, 5) is 0. The van der Waals surface area contributed by atoms with E-state index in [2.05, 4.69) is 12.5 Å². The molecule has 1 nitrogen and oxygen atoms in total. The fourth-order valence-electron chi connectivity index (χ4n) is 0.0833. The van der Waals surface area contributed by atoms with Crippen molar-refractivity contribution in [3.8, 4) is 12.3 Å². The number of terminal acetylenes is 1. The van der Waals surface area contributed by atoms with E-state index in [1.54, 1.807) is 13.8 Å². The van der Waals surface area contributed by atoms with Crippen molar-refractivity contribution in [2.75, 3.05) is 0 Å². The molecule has 0 atom stereocenters. The molecule has 0 rings (SSSR count). The molecule has 0 aliphatic rings. The molecule has 0 aliphatic heterocycles. The van der Waals surface area contributed by atoms with E-state index in [1.807, 2.05) is 0 Å². The lowest BCUT2D eigenvalue weighted by Crippen LogP contribution is -2.09. The summed E-state index contributed by atoms with van der Waals surface area (Å²) in [5.74, 6) is 2.43. The second-order valence-electron chi connectivity index (χ2n) is 2.22. The van der Waals surface area contributed by atoms with Gasteiger partial charge >= 0.3 is 0 Å². The van der Waals surface area contributed by atoms with Crippen LogP contribution in [-0.4, -0.2) is 5.11 Å². The summed E-state index contributed by atoms with van der Waals surface area (Å²) in [6.45, 7) is 6.77. The first-order valence-electron chi connectivity index (χ1n) is 2.37. The molecule has 1 heteroatoms. The topological polar surface area (TPSA) is 20.2 Å². The standard InChI is InChI=1S/C7H10O/c1-5-7(3,4)6(2)8/h1,8H,2H2,3-4H3. The Labute approximate surface area is 50.0 Å². The summed E-state index contributed by atoms with van der Waals surface area (Å²) in [7, 11) is 0. The zero-order valence-corrected chi connectivity index (χ0v) is 5.23. The van der Waals surface area contributed by atoms with Crippen molar-refractivity contribution in [3.63, 3.8) is 0 Å². The molecule has 0 unspecified atom stereocenters. The van der Waals surface area contributed by atoms with Gasteiger partial charge in [0.25, 0.3) is 0 Å². The van der Waals surface area contributed by atoms with Gasteiger partial charge in [0, 0.05) is 0 Å². The third-order valence-corrected chi connectivity index (χ3v) is 1.08. The highest BCUT2D eigenvalue weighted by atomic mass is 16.3. The predicted molar refractivity (Wildman–Crippen MR) is 34.4 cm³/mol. The molecule has 44 valence electrons. The third-order valence-electron chi connectivity index (χ3n) is 1.08. The minimum atomic E-state index is -0.569. The Kier molecular flexibility index (Phi) is 1.70. The highest BCUT2D eigenvalue weighted by Gasteiger charge is 2.16. The van der Waals surface area contributed by atoms with Crippen molar-refractivity contribution in [2.24, 2.45) is 5.41 Å². The molecule has 1 N–H and O–H groups in total. The zero-order valence-electron chi connectivity index (χ0n) is 5.23. The Balaban J connectivity index is 4.19. The average molecular weight is 110 g/mol. The van der Waals surface area contributed by atoms with Crippen LogP contribution in [0.1, 0.15) is 13.8 Å². The van der Waals surface area contributed by atoms with Crippen LogP contribution in [0, 0.1) is 17.8 Å². The minimum absolute atomic E-state index is 0.0417. The second-order valence-corrected chi connectivity index (χ2v) is 2.22. The average Bonchev–Trinajstić information content (AvgIpc) is 1.67. The monoisotopic (exact) mass is 110 g/mol. The molecule has 0 aromatic heterocycles. The molecule has 8 heavy (non-hydrogen) atoms. The van der Waals surface area contributed by atoms with E-state index >= 15 is 0 Å². The van der Waals surface area contributed by atoms with E-state index in [0.29, 0.717) is 0 Å². The Morgan fingerprint density at radius 2 is 2.12 bits per heavy atom. The van der Waals surface area contributed by atoms with Crippen LogP contribution in [0.3, 0.4) is 0 Å². The lowest BCUT2D eigenvalue weighted by Gasteiger charge is -2.13. The van der Waals surface area contributed by atoms with Crippen LogP contribution in [0.5, 0.6) is 0 Å². The van der Waals surface area contributed by atoms with Crippen molar-refractivity contribution < 1.29 is 5.11 Å². The lowest BCUT2D eigenvalue weighted by molar-refractivity contribution is 0.313. The highest BCUT2D eigenvalue weighted by molar-refractivity contribution is 5.14. The SMILES string of the molecule is C#CC(C)(C)C(=C)O. The minimum Gasteiger partial charge on any atom is -0.511 e. The van der Waals surface area contributed by atoms with Crippen molar-refractivity contribution in [1.82, 2.24) is 0 Å². The molecular formula is C7H10O. The fourth-order valence-corrected chi connectivity index (χ4v) is 0.0833. The maximum Gasteiger partial charge on any atom is 0.103 e.